The molecule has 0 N–H and O–H groups in total. The minimum Gasteiger partial charge on any atom is -0.246 e. The van der Waals surface area contributed by atoms with Gasteiger partial charge in [0.25, 0.3) is 0 Å². The summed E-state index contributed by atoms with van der Waals surface area (Å²) in [5.41, 5.74) is 2.81. The molecule has 0 aromatic heterocycles. The van der Waals surface area contributed by atoms with Gasteiger partial charge in [-0.2, -0.15) is 0 Å². The van der Waals surface area contributed by atoms with Crippen LogP contribution in [-0.2, 0) is 6.67 Å². The standard InChI is InChI=1S/C21H15F/c22-14-21-19(15-6-2-1-3-7-15)11-10-18-12-16-8-4-5-9-17(16)13-20(18)21/h1-13H,14H2. The van der Waals surface area contributed by atoms with E-state index in [0.29, 0.717) is 0 Å². The van der Waals surface area contributed by atoms with Crippen molar-refractivity contribution in [3.05, 3.63) is 84.4 Å². The van der Waals surface area contributed by atoms with E-state index in [1.54, 1.807) is 0 Å². The predicted molar refractivity (Wildman–Crippen MR) is 91.7 cm³/mol. The summed E-state index contributed by atoms with van der Waals surface area (Å²) in [6.07, 6.45) is 0. The molecule has 0 unspecified atom stereocenters. The first kappa shape index (κ1) is 13.0. The lowest BCUT2D eigenvalue weighted by molar-refractivity contribution is 0.488. The van der Waals surface area contributed by atoms with Crippen molar-refractivity contribution in [2.75, 3.05) is 0 Å². The van der Waals surface area contributed by atoms with Crippen molar-refractivity contribution in [1.29, 1.82) is 0 Å². The molecule has 0 amide bonds. The summed E-state index contributed by atoms with van der Waals surface area (Å²) >= 11 is 0. The Kier molecular flexibility index (Phi) is 3.12. The van der Waals surface area contributed by atoms with E-state index in [2.05, 4.69) is 30.3 Å². The number of rotatable bonds is 2. The molecule has 4 aromatic carbocycles. The third-order valence-electron chi connectivity index (χ3n) is 4.22. The van der Waals surface area contributed by atoms with Crippen LogP contribution in [0.15, 0.2) is 78.9 Å². The fourth-order valence-electron chi connectivity index (χ4n) is 3.11. The normalized spacial score (nSPS) is 11.1. The number of halogens is 1. The molecule has 0 aliphatic carbocycles. The van der Waals surface area contributed by atoms with Gasteiger partial charge in [-0.1, -0.05) is 66.7 Å². The highest BCUT2D eigenvalue weighted by Gasteiger charge is 2.10. The van der Waals surface area contributed by atoms with Crippen LogP contribution in [0.2, 0.25) is 0 Å². The SMILES string of the molecule is FCc1c(-c2ccccc2)ccc2cc3ccccc3cc12. The van der Waals surface area contributed by atoms with Crippen molar-refractivity contribution in [3.8, 4) is 11.1 Å². The second kappa shape index (κ2) is 5.27. The third kappa shape index (κ3) is 2.06. The van der Waals surface area contributed by atoms with Crippen molar-refractivity contribution < 1.29 is 4.39 Å². The van der Waals surface area contributed by atoms with E-state index in [9.17, 15) is 4.39 Å². The first-order valence-corrected chi connectivity index (χ1v) is 7.42. The molecule has 0 aliphatic heterocycles. The topological polar surface area (TPSA) is 0 Å². The summed E-state index contributed by atoms with van der Waals surface area (Å²) in [5.74, 6) is 0. The maximum Gasteiger partial charge on any atom is 0.116 e. The molecule has 0 heterocycles. The van der Waals surface area contributed by atoms with Crippen LogP contribution in [0, 0.1) is 0 Å². The van der Waals surface area contributed by atoms with Gasteiger partial charge >= 0.3 is 0 Å². The second-order valence-electron chi connectivity index (χ2n) is 5.51. The zero-order valence-corrected chi connectivity index (χ0v) is 12.1. The Morgan fingerprint density at radius 2 is 1.32 bits per heavy atom. The van der Waals surface area contributed by atoms with Gasteiger partial charge in [-0.3, -0.25) is 0 Å². The van der Waals surface area contributed by atoms with E-state index in [-0.39, 0.29) is 0 Å². The molecule has 0 spiro atoms. The Hall–Kier alpha value is -2.67. The second-order valence-corrected chi connectivity index (χ2v) is 5.51. The molecule has 1 heteroatoms. The van der Waals surface area contributed by atoms with Crippen molar-refractivity contribution in [3.63, 3.8) is 0 Å². The lowest BCUT2D eigenvalue weighted by Crippen LogP contribution is -1.90. The molecular formula is C21H15F. The van der Waals surface area contributed by atoms with Gasteiger partial charge < -0.3 is 0 Å². The average molecular weight is 286 g/mol. The molecule has 22 heavy (non-hydrogen) atoms. The molecular weight excluding hydrogens is 271 g/mol. The zero-order valence-electron chi connectivity index (χ0n) is 12.1. The monoisotopic (exact) mass is 286 g/mol. The summed E-state index contributed by atoms with van der Waals surface area (Å²) < 4.78 is 13.8. The average Bonchev–Trinajstić information content (AvgIpc) is 2.59. The first-order chi connectivity index (χ1) is 10.9. The van der Waals surface area contributed by atoms with Crippen LogP contribution >= 0.6 is 0 Å². The highest BCUT2D eigenvalue weighted by atomic mass is 19.1. The van der Waals surface area contributed by atoms with Gasteiger partial charge in [0.1, 0.15) is 6.67 Å². The van der Waals surface area contributed by atoms with E-state index in [1.165, 1.54) is 5.39 Å². The summed E-state index contributed by atoms with van der Waals surface area (Å²) in [5, 5.41) is 4.43. The van der Waals surface area contributed by atoms with E-state index in [4.69, 9.17) is 0 Å². The Morgan fingerprint density at radius 1 is 0.636 bits per heavy atom. The summed E-state index contributed by atoms with van der Waals surface area (Å²) in [6, 6.07) is 26.6. The summed E-state index contributed by atoms with van der Waals surface area (Å²) in [6.45, 7) is -0.458. The van der Waals surface area contributed by atoms with E-state index >= 15 is 0 Å². The van der Waals surface area contributed by atoms with Gasteiger partial charge in [-0.15, -0.1) is 0 Å². The van der Waals surface area contributed by atoms with Gasteiger partial charge in [0.05, 0.1) is 0 Å². The van der Waals surface area contributed by atoms with Crippen LogP contribution in [-0.4, -0.2) is 0 Å². The maximum absolute atomic E-state index is 13.8. The quantitative estimate of drug-likeness (QED) is 0.389. The van der Waals surface area contributed by atoms with E-state index in [0.717, 1.165) is 32.8 Å². The molecule has 0 nitrogen and oxygen atoms in total. The number of alkyl halides is 1. The van der Waals surface area contributed by atoms with Crippen LogP contribution < -0.4 is 0 Å². The van der Waals surface area contributed by atoms with Crippen molar-refractivity contribution in [2.45, 2.75) is 6.67 Å². The molecule has 4 rings (SSSR count). The molecule has 4 aromatic rings. The van der Waals surface area contributed by atoms with Crippen molar-refractivity contribution in [2.24, 2.45) is 0 Å². The van der Waals surface area contributed by atoms with Crippen LogP contribution in [0.4, 0.5) is 4.39 Å². The fourth-order valence-corrected chi connectivity index (χ4v) is 3.11. The minimum absolute atomic E-state index is 0.458. The predicted octanol–water partition coefficient (Wildman–Crippen LogP) is 6.13. The highest BCUT2D eigenvalue weighted by Crippen LogP contribution is 2.33. The fraction of sp³-hybridized carbons (Fsp3) is 0.0476. The summed E-state index contributed by atoms with van der Waals surface area (Å²) in [7, 11) is 0. The van der Waals surface area contributed by atoms with Crippen molar-refractivity contribution >= 4 is 21.5 Å². The largest absolute Gasteiger partial charge is 0.246 e. The molecule has 0 radical (unpaired) electrons. The van der Waals surface area contributed by atoms with Gasteiger partial charge in [0, 0.05) is 0 Å². The molecule has 0 aliphatic rings. The molecule has 0 fully saturated rings. The van der Waals surface area contributed by atoms with Gasteiger partial charge in [-0.05, 0) is 50.4 Å². The van der Waals surface area contributed by atoms with Crippen molar-refractivity contribution in [1.82, 2.24) is 0 Å². The molecule has 0 saturated heterocycles. The zero-order chi connectivity index (χ0) is 14.9. The number of benzene rings is 4. The lowest BCUT2D eigenvalue weighted by atomic mass is 9.93. The number of hydrogen-bond acceptors (Lipinski definition) is 0. The summed E-state index contributed by atoms with van der Waals surface area (Å²) in [4.78, 5) is 0. The molecule has 0 atom stereocenters. The third-order valence-corrected chi connectivity index (χ3v) is 4.22. The minimum atomic E-state index is -0.458. The van der Waals surface area contributed by atoms with Crippen LogP contribution in [0.3, 0.4) is 0 Å². The highest BCUT2D eigenvalue weighted by molar-refractivity contribution is 6.01. The first-order valence-electron chi connectivity index (χ1n) is 7.42. The molecule has 106 valence electrons. The van der Waals surface area contributed by atoms with E-state index in [1.807, 2.05) is 48.5 Å². The van der Waals surface area contributed by atoms with E-state index < -0.39 is 6.67 Å². The number of fused-ring (bicyclic) bond motifs is 2. The van der Waals surface area contributed by atoms with Gasteiger partial charge in [0.15, 0.2) is 0 Å². The van der Waals surface area contributed by atoms with Crippen LogP contribution in [0.1, 0.15) is 5.56 Å². The lowest BCUT2D eigenvalue weighted by Gasteiger charge is -2.12. The Morgan fingerprint density at radius 3 is 2.05 bits per heavy atom. The molecule has 0 bridgehead atoms. The van der Waals surface area contributed by atoms with Crippen LogP contribution in [0.5, 0.6) is 0 Å². The Labute approximate surface area is 128 Å². The smallest absolute Gasteiger partial charge is 0.116 e. The van der Waals surface area contributed by atoms with Gasteiger partial charge in [-0.25, -0.2) is 4.39 Å². The maximum atomic E-state index is 13.8. The van der Waals surface area contributed by atoms with Crippen LogP contribution in [0.25, 0.3) is 32.7 Å². The Bertz CT molecular complexity index is 955. The number of hydrogen-bond donors (Lipinski definition) is 0. The molecule has 0 saturated carbocycles. The Balaban J connectivity index is 2.06. The van der Waals surface area contributed by atoms with Gasteiger partial charge in [0.2, 0.25) is 0 Å².